The third kappa shape index (κ3) is 4.58. The number of aromatic hydroxyl groups is 1. The van der Waals surface area contributed by atoms with E-state index in [4.69, 9.17) is 0 Å². The summed E-state index contributed by atoms with van der Waals surface area (Å²) in [6, 6.07) is 14.8. The number of rotatable bonds is 7. The molecule has 2 aromatic rings. The maximum atomic E-state index is 9.23. The van der Waals surface area contributed by atoms with E-state index in [2.05, 4.69) is 41.1 Å². The highest BCUT2D eigenvalue weighted by Gasteiger charge is 2.03. The Labute approximate surface area is 132 Å². The fraction of sp³-hybridized carbons (Fsp3) is 0.333. The number of azo groups is 1. The van der Waals surface area contributed by atoms with Crippen LogP contribution in [0.4, 0.5) is 17.1 Å². The molecule has 0 atom stereocenters. The average molecular weight is 297 g/mol. The first kappa shape index (κ1) is 16.0. The van der Waals surface area contributed by atoms with Crippen molar-refractivity contribution in [3.8, 4) is 5.75 Å². The van der Waals surface area contributed by atoms with E-state index in [-0.39, 0.29) is 5.75 Å². The van der Waals surface area contributed by atoms with E-state index in [0.717, 1.165) is 37.3 Å². The Morgan fingerprint density at radius 2 is 1.23 bits per heavy atom. The number of nitrogens with zero attached hydrogens (tertiary/aromatic N) is 3. The molecule has 116 valence electrons. The quantitative estimate of drug-likeness (QED) is 0.692. The van der Waals surface area contributed by atoms with Crippen LogP contribution in [0.2, 0.25) is 0 Å². The number of hydrogen-bond acceptors (Lipinski definition) is 4. The van der Waals surface area contributed by atoms with Gasteiger partial charge in [0, 0.05) is 18.8 Å². The van der Waals surface area contributed by atoms with Gasteiger partial charge in [0.25, 0.3) is 0 Å². The number of hydrogen-bond donors (Lipinski definition) is 1. The molecule has 4 heteroatoms. The van der Waals surface area contributed by atoms with Gasteiger partial charge in [-0.05, 0) is 61.4 Å². The van der Waals surface area contributed by atoms with Gasteiger partial charge < -0.3 is 10.0 Å². The minimum Gasteiger partial charge on any atom is -0.508 e. The van der Waals surface area contributed by atoms with Gasteiger partial charge in [-0.25, -0.2) is 0 Å². The van der Waals surface area contributed by atoms with Gasteiger partial charge in [-0.1, -0.05) is 13.8 Å². The summed E-state index contributed by atoms with van der Waals surface area (Å²) < 4.78 is 0. The minimum absolute atomic E-state index is 0.232. The number of phenols is 1. The number of phenolic OH excluding ortho intramolecular Hbond substituents is 1. The molecule has 0 amide bonds. The van der Waals surface area contributed by atoms with Gasteiger partial charge >= 0.3 is 0 Å². The molecule has 0 saturated carbocycles. The van der Waals surface area contributed by atoms with Crippen molar-refractivity contribution >= 4 is 17.1 Å². The Kier molecular flexibility index (Phi) is 5.95. The van der Waals surface area contributed by atoms with Crippen LogP contribution in [0.3, 0.4) is 0 Å². The van der Waals surface area contributed by atoms with Crippen molar-refractivity contribution < 1.29 is 5.11 Å². The fourth-order valence-corrected chi connectivity index (χ4v) is 2.27. The van der Waals surface area contributed by atoms with Gasteiger partial charge in [-0.2, -0.15) is 10.2 Å². The molecule has 2 rings (SSSR count). The molecule has 22 heavy (non-hydrogen) atoms. The van der Waals surface area contributed by atoms with E-state index in [9.17, 15) is 5.11 Å². The molecule has 0 aliphatic rings. The van der Waals surface area contributed by atoms with Gasteiger partial charge in [0.15, 0.2) is 0 Å². The lowest BCUT2D eigenvalue weighted by Gasteiger charge is -2.23. The molecular weight excluding hydrogens is 274 g/mol. The van der Waals surface area contributed by atoms with Crippen molar-refractivity contribution in [2.75, 3.05) is 18.0 Å². The Morgan fingerprint density at radius 1 is 0.773 bits per heavy atom. The van der Waals surface area contributed by atoms with Gasteiger partial charge in [-0.3, -0.25) is 0 Å². The highest BCUT2D eigenvalue weighted by molar-refractivity contribution is 5.53. The van der Waals surface area contributed by atoms with Crippen molar-refractivity contribution in [3.05, 3.63) is 48.5 Å². The maximum Gasteiger partial charge on any atom is 0.115 e. The number of anilines is 1. The Balaban J connectivity index is 2.06. The minimum atomic E-state index is 0.232. The molecule has 1 N–H and O–H groups in total. The van der Waals surface area contributed by atoms with Gasteiger partial charge in [-0.15, -0.1) is 0 Å². The molecule has 0 aliphatic carbocycles. The normalized spacial score (nSPS) is 11.0. The van der Waals surface area contributed by atoms with Crippen LogP contribution in [0.5, 0.6) is 5.75 Å². The topological polar surface area (TPSA) is 48.2 Å². The standard InChI is InChI=1S/C18H23N3O/c1-3-13-21(14-4-2)17-9-5-15(6-10-17)19-20-16-7-11-18(22)12-8-16/h5-12,22H,3-4,13-14H2,1-2H3. The summed E-state index contributed by atoms with van der Waals surface area (Å²) in [5.74, 6) is 0.232. The van der Waals surface area contributed by atoms with Crippen LogP contribution < -0.4 is 4.90 Å². The van der Waals surface area contributed by atoms with Gasteiger partial charge in [0.2, 0.25) is 0 Å². The first-order chi connectivity index (χ1) is 10.7. The zero-order valence-electron chi connectivity index (χ0n) is 13.2. The monoisotopic (exact) mass is 297 g/mol. The smallest absolute Gasteiger partial charge is 0.115 e. The lowest BCUT2D eigenvalue weighted by Crippen LogP contribution is -2.24. The summed E-state index contributed by atoms with van der Waals surface area (Å²) in [7, 11) is 0. The second-order valence-corrected chi connectivity index (χ2v) is 5.22. The third-order valence-electron chi connectivity index (χ3n) is 3.33. The molecule has 0 aliphatic heterocycles. The van der Waals surface area contributed by atoms with Crippen LogP contribution in [-0.2, 0) is 0 Å². The predicted octanol–water partition coefficient (Wildman–Crippen LogP) is 5.43. The zero-order chi connectivity index (χ0) is 15.8. The summed E-state index contributed by atoms with van der Waals surface area (Å²) in [6.07, 6.45) is 2.28. The third-order valence-corrected chi connectivity index (χ3v) is 3.33. The number of benzene rings is 2. The maximum absolute atomic E-state index is 9.23. The largest absolute Gasteiger partial charge is 0.508 e. The lowest BCUT2D eigenvalue weighted by molar-refractivity contribution is 0.475. The fourth-order valence-electron chi connectivity index (χ4n) is 2.27. The van der Waals surface area contributed by atoms with Crippen molar-refractivity contribution in [2.45, 2.75) is 26.7 Å². The zero-order valence-corrected chi connectivity index (χ0v) is 13.2. The van der Waals surface area contributed by atoms with Crippen LogP contribution >= 0.6 is 0 Å². The van der Waals surface area contributed by atoms with Crippen LogP contribution in [0.1, 0.15) is 26.7 Å². The van der Waals surface area contributed by atoms with E-state index >= 15 is 0 Å². The molecule has 0 heterocycles. The van der Waals surface area contributed by atoms with Crippen LogP contribution in [0, 0.1) is 0 Å². The van der Waals surface area contributed by atoms with Crippen molar-refractivity contribution in [3.63, 3.8) is 0 Å². The molecular formula is C18H23N3O. The summed E-state index contributed by atoms with van der Waals surface area (Å²) in [5, 5.41) is 17.6. The molecule has 0 bridgehead atoms. The van der Waals surface area contributed by atoms with Gasteiger partial charge in [0.1, 0.15) is 5.75 Å². The summed E-state index contributed by atoms with van der Waals surface area (Å²) in [5.41, 5.74) is 2.78. The van der Waals surface area contributed by atoms with Crippen LogP contribution in [0.25, 0.3) is 0 Å². The second kappa shape index (κ2) is 8.17. The molecule has 0 spiro atoms. The molecule has 4 nitrogen and oxygen atoms in total. The summed E-state index contributed by atoms with van der Waals surface area (Å²) in [6.45, 7) is 6.54. The van der Waals surface area contributed by atoms with E-state index in [1.807, 2.05) is 12.1 Å². The van der Waals surface area contributed by atoms with E-state index in [1.165, 1.54) is 5.69 Å². The summed E-state index contributed by atoms with van der Waals surface area (Å²) in [4.78, 5) is 2.39. The van der Waals surface area contributed by atoms with E-state index < -0.39 is 0 Å². The highest BCUT2D eigenvalue weighted by Crippen LogP contribution is 2.23. The van der Waals surface area contributed by atoms with E-state index in [0.29, 0.717) is 0 Å². The van der Waals surface area contributed by atoms with Crippen LogP contribution in [0.15, 0.2) is 58.8 Å². The van der Waals surface area contributed by atoms with E-state index in [1.54, 1.807) is 24.3 Å². The first-order valence-corrected chi connectivity index (χ1v) is 7.78. The Hall–Kier alpha value is -2.36. The van der Waals surface area contributed by atoms with Crippen molar-refractivity contribution in [1.29, 1.82) is 0 Å². The highest BCUT2D eigenvalue weighted by atomic mass is 16.3. The van der Waals surface area contributed by atoms with Gasteiger partial charge in [0.05, 0.1) is 11.4 Å². The Bertz CT molecular complexity index is 585. The van der Waals surface area contributed by atoms with Crippen molar-refractivity contribution in [1.82, 2.24) is 0 Å². The average Bonchev–Trinajstić information content (AvgIpc) is 2.55. The van der Waals surface area contributed by atoms with Crippen LogP contribution in [-0.4, -0.2) is 18.2 Å². The SMILES string of the molecule is CCCN(CCC)c1ccc(N=Nc2ccc(O)cc2)cc1. The molecule has 0 saturated heterocycles. The predicted molar refractivity (Wildman–Crippen MR) is 91.5 cm³/mol. The molecule has 2 aromatic carbocycles. The second-order valence-electron chi connectivity index (χ2n) is 5.22. The Morgan fingerprint density at radius 3 is 1.68 bits per heavy atom. The first-order valence-electron chi connectivity index (χ1n) is 7.78. The van der Waals surface area contributed by atoms with Crippen molar-refractivity contribution in [2.24, 2.45) is 10.2 Å². The summed E-state index contributed by atoms with van der Waals surface area (Å²) >= 11 is 0. The lowest BCUT2D eigenvalue weighted by atomic mass is 10.2. The molecule has 0 aromatic heterocycles. The molecule has 0 radical (unpaired) electrons. The molecule has 0 fully saturated rings. The molecule has 0 unspecified atom stereocenters.